The second-order valence-electron chi connectivity index (χ2n) is 2.87. The molecule has 0 aromatic rings. The van der Waals surface area contributed by atoms with E-state index in [0.29, 0.717) is 6.54 Å². The van der Waals surface area contributed by atoms with Crippen LogP contribution >= 0.6 is 11.8 Å². The number of carbonyl (C=O) groups is 3. The number of amides is 2. The molecule has 1 heterocycles. The fourth-order valence-electron chi connectivity index (χ4n) is 1.29. The quantitative estimate of drug-likeness (QED) is 0.668. The van der Waals surface area contributed by atoms with Crippen LogP contribution in [-0.2, 0) is 14.4 Å². The lowest BCUT2D eigenvalue weighted by Gasteiger charge is -2.10. The maximum absolute atomic E-state index is 11.5. The molecule has 1 aliphatic heterocycles. The number of nitrogens with zero attached hydrogens (tertiary/aromatic N) is 1. The lowest BCUT2D eigenvalue weighted by Crippen LogP contribution is -2.31. The molecule has 2 amide bonds. The highest BCUT2D eigenvalue weighted by Crippen LogP contribution is 2.24. The van der Waals surface area contributed by atoms with Crippen LogP contribution in [0.25, 0.3) is 0 Å². The molecule has 0 aliphatic carbocycles. The first-order chi connectivity index (χ1) is 6.56. The van der Waals surface area contributed by atoms with E-state index in [1.54, 1.807) is 6.92 Å². The molecule has 0 radical (unpaired) electrons. The number of hydrogen-bond donors (Lipinski definition) is 1. The molecule has 78 valence electrons. The number of carboxylic acid groups (broad SMARTS) is 1. The van der Waals surface area contributed by atoms with E-state index in [0.717, 1.165) is 11.8 Å². The molecule has 0 aromatic heterocycles. The molecule has 0 bridgehead atoms. The Morgan fingerprint density at radius 2 is 2.29 bits per heavy atom. The van der Waals surface area contributed by atoms with Crippen molar-refractivity contribution >= 4 is 29.5 Å². The average Bonchev–Trinajstić information content (AvgIpc) is 2.38. The Labute approximate surface area is 85.4 Å². The molecule has 0 spiro atoms. The van der Waals surface area contributed by atoms with Crippen molar-refractivity contribution in [3.8, 4) is 0 Å². The Bertz CT molecular complexity index is 279. The summed E-state index contributed by atoms with van der Waals surface area (Å²) < 4.78 is 0. The van der Waals surface area contributed by atoms with Gasteiger partial charge in [0.2, 0.25) is 11.8 Å². The van der Waals surface area contributed by atoms with Gasteiger partial charge in [-0.15, -0.1) is 11.8 Å². The highest BCUT2D eigenvalue weighted by Gasteiger charge is 2.37. The first-order valence-electron chi connectivity index (χ1n) is 4.23. The van der Waals surface area contributed by atoms with E-state index in [-0.39, 0.29) is 24.0 Å². The summed E-state index contributed by atoms with van der Waals surface area (Å²) in [6, 6.07) is 0. The molecule has 1 fully saturated rings. The molecule has 1 unspecified atom stereocenters. The molecule has 14 heavy (non-hydrogen) atoms. The maximum atomic E-state index is 11.5. The molecule has 0 aromatic carbocycles. The highest BCUT2D eigenvalue weighted by molar-refractivity contribution is 8.01. The van der Waals surface area contributed by atoms with Crippen molar-refractivity contribution in [2.45, 2.75) is 18.6 Å². The van der Waals surface area contributed by atoms with Gasteiger partial charge in [0.15, 0.2) is 0 Å². The fourth-order valence-corrected chi connectivity index (χ4v) is 2.16. The van der Waals surface area contributed by atoms with Gasteiger partial charge < -0.3 is 5.11 Å². The molecule has 1 atom stereocenters. The van der Waals surface area contributed by atoms with Crippen LogP contribution in [0.15, 0.2) is 0 Å². The molecule has 6 heteroatoms. The Kier molecular flexibility index (Phi) is 3.51. The van der Waals surface area contributed by atoms with E-state index in [4.69, 9.17) is 5.11 Å². The van der Waals surface area contributed by atoms with Crippen LogP contribution in [-0.4, -0.2) is 45.3 Å². The van der Waals surface area contributed by atoms with Crippen molar-refractivity contribution in [2.24, 2.45) is 0 Å². The molecular formula is C8H11NO4S. The second kappa shape index (κ2) is 4.45. The number of thioether (sulfide) groups is 1. The summed E-state index contributed by atoms with van der Waals surface area (Å²) in [4.78, 5) is 34.1. The zero-order valence-corrected chi connectivity index (χ0v) is 8.54. The second-order valence-corrected chi connectivity index (χ2v) is 4.06. The zero-order chi connectivity index (χ0) is 10.7. The van der Waals surface area contributed by atoms with E-state index in [2.05, 4.69) is 0 Å². The SMILES string of the molecule is CCN1C(=O)CC(SCC(=O)O)C1=O. The Morgan fingerprint density at radius 1 is 1.64 bits per heavy atom. The summed E-state index contributed by atoms with van der Waals surface area (Å²) in [6.07, 6.45) is 0.130. The fraction of sp³-hybridized carbons (Fsp3) is 0.625. The van der Waals surface area contributed by atoms with Crippen molar-refractivity contribution in [1.82, 2.24) is 4.90 Å². The molecule has 1 saturated heterocycles. The van der Waals surface area contributed by atoms with E-state index in [1.165, 1.54) is 4.90 Å². The van der Waals surface area contributed by atoms with E-state index < -0.39 is 11.2 Å². The highest BCUT2D eigenvalue weighted by atomic mass is 32.2. The first kappa shape index (κ1) is 11.0. The van der Waals surface area contributed by atoms with Gasteiger partial charge in [-0.05, 0) is 6.92 Å². The van der Waals surface area contributed by atoms with Crippen LogP contribution in [0, 0.1) is 0 Å². The van der Waals surface area contributed by atoms with Crippen molar-refractivity contribution in [3.63, 3.8) is 0 Å². The summed E-state index contributed by atoms with van der Waals surface area (Å²) in [6.45, 7) is 2.09. The third-order valence-electron chi connectivity index (χ3n) is 1.93. The molecule has 1 rings (SSSR count). The lowest BCUT2D eigenvalue weighted by atomic mass is 10.4. The zero-order valence-electron chi connectivity index (χ0n) is 7.73. The number of aliphatic carboxylic acids is 1. The summed E-state index contributed by atoms with van der Waals surface area (Å²) in [5, 5.41) is 7.92. The number of rotatable bonds is 4. The Balaban J connectivity index is 2.53. The van der Waals surface area contributed by atoms with Crippen molar-refractivity contribution < 1.29 is 19.5 Å². The van der Waals surface area contributed by atoms with Gasteiger partial charge in [-0.2, -0.15) is 0 Å². The third-order valence-corrected chi connectivity index (χ3v) is 3.11. The normalized spacial score (nSPS) is 21.8. The van der Waals surface area contributed by atoms with E-state index >= 15 is 0 Å². The van der Waals surface area contributed by atoms with Crippen molar-refractivity contribution in [2.75, 3.05) is 12.3 Å². The van der Waals surface area contributed by atoms with Crippen molar-refractivity contribution in [1.29, 1.82) is 0 Å². The van der Waals surface area contributed by atoms with Crippen LogP contribution in [0.1, 0.15) is 13.3 Å². The van der Waals surface area contributed by atoms with Gasteiger partial charge in [-0.3, -0.25) is 19.3 Å². The van der Waals surface area contributed by atoms with Crippen LogP contribution in [0.4, 0.5) is 0 Å². The third kappa shape index (κ3) is 2.25. The minimum atomic E-state index is -0.967. The minimum absolute atomic E-state index is 0.130. The number of carbonyl (C=O) groups excluding carboxylic acids is 2. The Morgan fingerprint density at radius 3 is 2.71 bits per heavy atom. The van der Waals surface area contributed by atoms with Gasteiger partial charge in [0.1, 0.15) is 0 Å². The van der Waals surface area contributed by atoms with Crippen LogP contribution < -0.4 is 0 Å². The first-order valence-corrected chi connectivity index (χ1v) is 5.28. The number of carboxylic acids is 1. The monoisotopic (exact) mass is 217 g/mol. The molecule has 0 saturated carbocycles. The van der Waals surface area contributed by atoms with Crippen LogP contribution in [0.2, 0.25) is 0 Å². The summed E-state index contributed by atoms with van der Waals surface area (Å²) >= 11 is 1.01. The number of hydrogen-bond acceptors (Lipinski definition) is 4. The predicted molar refractivity (Wildman–Crippen MR) is 50.9 cm³/mol. The van der Waals surface area contributed by atoms with Gasteiger partial charge >= 0.3 is 5.97 Å². The summed E-state index contributed by atoms with van der Waals surface area (Å²) in [5.41, 5.74) is 0. The van der Waals surface area contributed by atoms with E-state index in [1.807, 2.05) is 0 Å². The molecule has 1 N–H and O–H groups in total. The smallest absolute Gasteiger partial charge is 0.313 e. The van der Waals surface area contributed by atoms with Gasteiger partial charge in [0.25, 0.3) is 0 Å². The van der Waals surface area contributed by atoms with Gasteiger partial charge in [0.05, 0.1) is 11.0 Å². The molecule has 1 aliphatic rings. The van der Waals surface area contributed by atoms with Crippen molar-refractivity contribution in [3.05, 3.63) is 0 Å². The maximum Gasteiger partial charge on any atom is 0.313 e. The predicted octanol–water partition coefficient (Wildman–Crippen LogP) is -0.0484. The summed E-state index contributed by atoms with van der Waals surface area (Å²) in [7, 11) is 0. The van der Waals surface area contributed by atoms with Crippen LogP contribution in [0.5, 0.6) is 0 Å². The minimum Gasteiger partial charge on any atom is -0.481 e. The van der Waals surface area contributed by atoms with Gasteiger partial charge in [-0.1, -0.05) is 0 Å². The standard InChI is InChI=1S/C8H11NO4S/c1-2-9-6(10)3-5(8(9)13)14-4-7(11)12/h5H,2-4H2,1H3,(H,11,12). The van der Waals surface area contributed by atoms with Gasteiger partial charge in [-0.25, -0.2) is 0 Å². The number of likely N-dealkylation sites (tertiary alicyclic amines) is 1. The topological polar surface area (TPSA) is 74.7 Å². The summed E-state index contributed by atoms with van der Waals surface area (Å²) in [5.74, 6) is -1.57. The number of imide groups is 1. The Hall–Kier alpha value is -1.04. The van der Waals surface area contributed by atoms with Gasteiger partial charge in [0, 0.05) is 13.0 Å². The average molecular weight is 217 g/mol. The van der Waals surface area contributed by atoms with E-state index in [9.17, 15) is 14.4 Å². The lowest BCUT2D eigenvalue weighted by molar-refractivity contribution is -0.138. The van der Waals surface area contributed by atoms with Crippen LogP contribution in [0.3, 0.4) is 0 Å². The molecule has 5 nitrogen and oxygen atoms in total. The molecular weight excluding hydrogens is 206 g/mol. The largest absolute Gasteiger partial charge is 0.481 e.